The maximum absolute atomic E-state index is 10.5. The fourth-order valence-corrected chi connectivity index (χ4v) is 2.19. The summed E-state index contributed by atoms with van der Waals surface area (Å²) < 4.78 is 1.16. The van der Waals surface area contributed by atoms with E-state index >= 15 is 0 Å². The SMILES string of the molecule is NC(=O)CC#Cc1cccc2ccsc12. The first-order chi connectivity index (χ1) is 7.27. The van der Waals surface area contributed by atoms with E-state index in [1.807, 2.05) is 23.6 Å². The molecule has 3 heteroatoms. The van der Waals surface area contributed by atoms with Crippen LogP contribution in [0, 0.1) is 11.8 Å². The van der Waals surface area contributed by atoms with Gasteiger partial charge in [0.2, 0.25) is 5.91 Å². The van der Waals surface area contributed by atoms with Gasteiger partial charge in [0, 0.05) is 10.3 Å². The molecule has 2 N–H and O–H groups in total. The first kappa shape index (κ1) is 9.75. The van der Waals surface area contributed by atoms with Crippen LogP contribution in [-0.4, -0.2) is 5.91 Å². The molecular weight excluding hydrogens is 206 g/mol. The lowest BCUT2D eigenvalue weighted by Crippen LogP contribution is -2.08. The van der Waals surface area contributed by atoms with Gasteiger partial charge in [-0.15, -0.1) is 11.3 Å². The highest BCUT2D eigenvalue weighted by Gasteiger charge is 1.98. The molecule has 1 aromatic carbocycles. The summed E-state index contributed by atoms with van der Waals surface area (Å²) >= 11 is 1.65. The average molecular weight is 215 g/mol. The molecule has 0 bridgehead atoms. The Balaban J connectivity index is 2.37. The Kier molecular flexibility index (Phi) is 2.70. The van der Waals surface area contributed by atoms with Crippen LogP contribution in [0.1, 0.15) is 12.0 Å². The van der Waals surface area contributed by atoms with Crippen LogP contribution in [-0.2, 0) is 4.79 Å². The molecule has 1 amide bonds. The summed E-state index contributed by atoms with van der Waals surface area (Å²) in [5.74, 6) is 5.34. The van der Waals surface area contributed by atoms with Crippen molar-refractivity contribution in [2.75, 3.05) is 0 Å². The van der Waals surface area contributed by atoms with Gasteiger partial charge in [-0.3, -0.25) is 4.79 Å². The standard InChI is InChI=1S/C12H9NOS/c13-11(14)6-2-5-9-3-1-4-10-7-8-15-12(9)10/h1,3-4,7-8H,6H2,(H2,13,14). The Morgan fingerprint density at radius 2 is 2.27 bits per heavy atom. The highest BCUT2D eigenvalue weighted by molar-refractivity contribution is 7.17. The topological polar surface area (TPSA) is 43.1 Å². The van der Waals surface area contributed by atoms with E-state index in [2.05, 4.69) is 17.9 Å². The lowest BCUT2D eigenvalue weighted by atomic mass is 10.2. The largest absolute Gasteiger partial charge is 0.369 e. The third-order valence-electron chi connectivity index (χ3n) is 1.96. The first-order valence-electron chi connectivity index (χ1n) is 4.51. The second kappa shape index (κ2) is 4.16. The van der Waals surface area contributed by atoms with E-state index in [0.717, 1.165) is 10.3 Å². The fourth-order valence-electron chi connectivity index (χ4n) is 1.32. The van der Waals surface area contributed by atoms with E-state index in [4.69, 9.17) is 5.73 Å². The van der Waals surface area contributed by atoms with Gasteiger partial charge >= 0.3 is 0 Å². The third-order valence-corrected chi connectivity index (χ3v) is 2.93. The summed E-state index contributed by atoms with van der Waals surface area (Å²) in [7, 11) is 0. The zero-order valence-corrected chi connectivity index (χ0v) is 8.80. The van der Waals surface area contributed by atoms with Crippen LogP contribution in [0.2, 0.25) is 0 Å². The molecule has 0 fully saturated rings. The molecule has 0 aliphatic rings. The van der Waals surface area contributed by atoms with Gasteiger partial charge in [-0.25, -0.2) is 0 Å². The Morgan fingerprint density at radius 1 is 1.40 bits per heavy atom. The highest BCUT2D eigenvalue weighted by atomic mass is 32.1. The summed E-state index contributed by atoms with van der Waals surface area (Å²) in [5, 5.41) is 3.22. The molecule has 0 unspecified atom stereocenters. The molecule has 0 saturated carbocycles. The number of nitrogens with two attached hydrogens (primary N) is 1. The second-order valence-electron chi connectivity index (χ2n) is 3.09. The number of primary amides is 1. The quantitative estimate of drug-likeness (QED) is 0.727. The Labute approximate surface area is 91.7 Å². The van der Waals surface area contributed by atoms with E-state index in [0.29, 0.717) is 0 Å². The van der Waals surface area contributed by atoms with Crippen LogP contribution in [0.5, 0.6) is 0 Å². The van der Waals surface area contributed by atoms with Crippen LogP contribution < -0.4 is 5.73 Å². The number of rotatable bonds is 1. The summed E-state index contributed by atoms with van der Waals surface area (Å²) in [5.41, 5.74) is 5.97. The van der Waals surface area contributed by atoms with Crippen molar-refractivity contribution in [2.45, 2.75) is 6.42 Å². The average Bonchev–Trinajstić information content (AvgIpc) is 2.65. The number of fused-ring (bicyclic) bond motifs is 1. The van der Waals surface area contributed by atoms with Gasteiger partial charge in [0.15, 0.2) is 0 Å². The number of benzene rings is 1. The second-order valence-corrected chi connectivity index (χ2v) is 4.01. The zero-order chi connectivity index (χ0) is 10.7. The molecular formula is C12H9NOS. The summed E-state index contributed by atoms with van der Waals surface area (Å²) in [4.78, 5) is 10.5. The molecule has 0 aliphatic carbocycles. The summed E-state index contributed by atoms with van der Waals surface area (Å²) in [6, 6.07) is 8.01. The van der Waals surface area contributed by atoms with E-state index in [-0.39, 0.29) is 12.3 Å². The lowest BCUT2D eigenvalue weighted by Gasteiger charge is -1.92. The first-order valence-corrected chi connectivity index (χ1v) is 5.39. The number of hydrogen-bond donors (Lipinski definition) is 1. The molecule has 74 valence electrons. The monoisotopic (exact) mass is 215 g/mol. The van der Waals surface area contributed by atoms with Crippen molar-refractivity contribution in [3.63, 3.8) is 0 Å². The van der Waals surface area contributed by atoms with Gasteiger partial charge in [0.1, 0.15) is 0 Å². The number of carbonyl (C=O) groups excluding carboxylic acids is 1. The Morgan fingerprint density at radius 3 is 3.07 bits per heavy atom. The fraction of sp³-hybridized carbons (Fsp3) is 0.0833. The van der Waals surface area contributed by atoms with Crippen LogP contribution >= 0.6 is 11.3 Å². The van der Waals surface area contributed by atoms with Crippen molar-refractivity contribution in [1.82, 2.24) is 0 Å². The molecule has 1 heterocycles. The van der Waals surface area contributed by atoms with Gasteiger partial charge < -0.3 is 5.73 Å². The molecule has 15 heavy (non-hydrogen) atoms. The van der Waals surface area contributed by atoms with Gasteiger partial charge in [-0.2, -0.15) is 0 Å². The van der Waals surface area contributed by atoms with Crippen molar-refractivity contribution in [3.05, 3.63) is 35.2 Å². The van der Waals surface area contributed by atoms with E-state index < -0.39 is 0 Å². The van der Waals surface area contributed by atoms with Crippen LogP contribution in [0.25, 0.3) is 10.1 Å². The van der Waals surface area contributed by atoms with E-state index in [9.17, 15) is 4.79 Å². The number of hydrogen-bond acceptors (Lipinski definition) is 2. The van der Waals surface area contributed by atoms with Crippen LogP contribution in [0.15, 0.2) is 29.6 Å². The number of carbonyl (C=O) groups is 1. The Bertz CT molecular complexity index is 559. The lowest BCUT2D eigenvalue weighted by molar-refractivity contribution is -0.117. The van der Waals surface area contributed by atoms with E-state index in [1.54, 1.807) is 11.3 Å². The minimum Gasteiger partial charge on any atom is -0.369 e. The van der Waals surface area contributed by atoms with Gasteiger partial charge in [0.05, 0.1) is 6.42 Å². The van der Waals surface area contributed by atoms with E-state index in [1.165, 1.54) is 5.39 Å². The van der Waals surface area contributed by atoms with Crippen molar-refractivity contribution in [2.24, 2.45) is 5.73 Å². The van der Waals surface area contributed by atoms with Crippen molar-refractivity contribution < 1.29 is 4.79 Å². The predicted molar refractivity (Wildman–Crippen MR) is 62.5 cm³/mol. The normalized spacial score (nSPS) is 9.60. The minimum absolute atomic E-state index is 0.113. The van der Waals surface area contributed by atoms with Gasteiger partial charge in [-0.05, 0) is 22.9 Å². The van der Waals surface area contributed by atoms with Crippen LogP contribution in [0.3, 0.4) is 0 Å². The predicted octanol–water partition coefficient (Wildman–Crippen LogP) is 2.13. The molecule has 0 saturated heterocycles. The van der Waals surface area contributed by atoms with Crippen molar-refractivity contribution in [3.8, 4) is 11.8 Å². The van der Waals surface area contributed by atoms with Crippen LogP contribution in [0.4, 0.5) is 0 Å². The highest BCUT2D eigenvalue weighted by Crippen LogP contribution is 2.23. The maximum Gasteiger partial charge on any atom is 0.229 e. The third kappa shape index (κ3) is 2.17. The summed E-state index contributed by atoms with van der Waals surface area (Å²) in [6.45, 7) is 0. The molecule has 0 spiro atoms. The maximum atomic E-state index is 10.5. The van der Waals surface area contributed by atoms with Crippen molar-refractivity contribution >= 4 is 27.3 Å². The number of thiophene rings is 1. The molecule has 2 nitrogen and oxygen atoms in total. The molecule has 2 aromatic rings. The number of amides is 1. The smallest absolute Gasteiger partial charge is 0.229 e. The van der Waals surface area contributed by atoms with Gasteiger partial charge in [-0.1, -0.05) is 24.0 Å². The molecule has 0 atom stereocenters. The minimum atomic E-state index is -0.388. The summed E-state index contributed by atoms with van der Waals surface area (Å²) in [6.07, 6.45) is 0.113. The molecule has 1 aromatic heterocycles. The van der Waals surface area contributed by atoms with Crippen molar-refractivity contribution in [1.29, 1.82) is 0 Å². The zero-order valence-electron chi connectivity index (χ0n) is 7.99. The molecule has 2 rings (SSSR count). The Hall–Kier alpha value is -1.79. The molecule has 0 radical (unpaired) electrons. The molecule has 0 aliphatic heterocycles. The van der Waals surface area contributed by atoms with Gasteiger partial charge in [0.25, 0.3) is 0 Å².